The van der Waals surface area contributed by atoms with E-state index in [0.717, 1.165) is 17.3 Å². The van der Waals surface area contributed by atoms with E-state index in [4.69, 9.17) is 10.5 Å². The van der Waals surface area contributed by atoms with Crippen molar-refractivity contribution in [1.29, 1.82) is 0 Å². The molecule has 4 N–H and O–H groups in total. The van der Waals surface area contributed by atoms with Crippen LogP contribution >= 0.6 is 0 Å². The Balaban J connectivity index is 2.08. The van der Waals surface area contributed by atoms with Crippen LogP contribution in [-0.2, 0) is 9.59 Å². The van der Waals surface area contributed by atoms with Gasteiger partial charge in [0.15, 0.2) is 0 Å². The lowest BCUT2D eigenvalue weighted by Gasteiger charge is -2.28. The second-order valence-electron chi connectivity index (χ2n) is 5.69. The zero-order valence-electron chi connectivity index (χ0n) is 12.8. The fraction of sp³-hybridized carbons (Fsp3) is 0.375. The molecule has 0 radical (unpaired) electrons. The number of hydrogen-bond donors (Lipinski definition) is 3. The van der Waals surface area contributed by atoms with Crippen molar-refractivity contribution in [3.05, 3.63) is 30.0 Å². The summed E-state index contributed by atoms with van der Waals surface area (Å²) in [5.74, 6) is -0.830. The maximum absolute atomic E-state index is 11.9. The zero-order chi connectivity index (χ0) is 16.6. The van der Waals surface area contributed by atoms with Crippen molar-refractivity contribution in [2.45, 2.75) is 24.9 Å². The number of carbonyl (C=O) groups is 2. The summed E-state index contributed by atoms with van der Waals surface area (Å²) in [6.07, 6.45) is 3.02. The first-order chi connectivity index (χ1) is 11.0. The Hall–Kier alpha value is -2.54. The summed E-state index contributed by atoms with van der Waals surface area (Å²) in [7, 11) is 1.56. The smallest absolute Gasteiger partial charge is 0.325 e. The van der Waals surface area contributed by atoms with Crippen molar-refractivity contribution in [2.24, 2.45) is 5.73 Å². The topological polar surface area (TPSA) is 109 Å². The minimum absolute atomic E-state index is 0.480. The van der Waals surface area contributed by atoms with E-state index in [2.05, 4.69) is 4.98 Å². The Morgan fingerprint density at radius 3 is 2.91 bits per heavy atom. The van der Waals surface area contributed by atoms with Crippen LogP contribution in [0, 0.1) is 0 Å². The third kappa shape index (κ3) is 2.63. The molecule has 1 aliphatic rings. The van der Waals surface area contributed by atoms with Crippen LogP contribution in [-0.4, -0.2) is 46.6 Å². The number of nitrogens with zero attached hydrogens (tertiary/aromatic N) is 1. The van der Waals surface area contributed by atoms with E-state index in [9.17, 15) is 14.7 Å². The van der Waals surface area contributed by atoms with Gasteiger partial charge in [-0.05, 0) is 31.0 Å². The SMILES string of the molecule is COc1ccc2[nH]cc([C@H](C(=O)O)N3CCC[C@H]3C(N)=O)c2c1. The van der Waals surface area contributed by atoms with Gasteiger partial charge in [0, 0.05) is 29.2 Å². The molecule has 1 aromatic heterocycles. The molecule has 0 bridgehead atoms. The molecule has 122 valence electrons. The number of rotatable bonds is 5. The number of methoxy groups -OCH3 is 1. The largest absolute Gasteiger partial charge is 0.497 e. The number of hydrogen-bond acceptors (Lipinski definition) is 4. The summed E-state index contributed by atoms with van der Waals surface area (Å²) < 4.78 is 5.22. The van der Waals surface area contributed by atoms with Crippen molar-refractivity contribution in [1.82, 2.24) is 9.88 Å². The Labute approximate surface area is 133 Å². The number of carboxylic acids is 1. The highest BCUT2D eigenvalue weighted by molar-refractivity contribution is 5.90. The number of likely N-dealkylation sites (tertiary alicyclic amines) is 1. The fourth-order valence-corrected chi connectivity index (χ4v) is 3.33. The zero-order valence-corrected chi connectivity index (χ0v) is 12.8. The number of ether oxygens (including phenoxy) is 1. The number of aromatic nitrogens is 1. The number of amides is 1. The quantitative estimate of drug-likeness (QED) is 0.769. The summed E-state index contributed by atoms with van der Waals surface area (Å²) >= 11 is 0. The Morgan fingerprint density at radius 2 is 2.26 bits per heavy atom. The lowest BCUT2D eigenvalue weighted by atomic mass is 10.0. The Morgan fingerprint density at radius 1 is 1.48 bits per heavy atom. The number of aromatic amines is 1. The molecule has 7 heteroatoms. The van der Waals surface area contributed by atoms with Crippen LogP contribution in [0.2, 0.25) is 0 Å². The predicted molar refractivity (Wildman–Crippen MR) is 84.1 cm³/mol. The van der Waals surface area contributed by atoms with E-state index < -0.39 is 24.0 Å². The van der Waals surface area contributed by atoms with Gasteiger partial charge in [-0.25, -0.2) is 0 Å². The third-order valence-corrected chi connectivity index (χ3v) is 4.40. The van der Waals surface area contributed by atoms with Gasteiger partial charge in [-0.15, -0.1) is 0 Å². The number of nitrogens with one attached hydrogen (secondary N) is 1. The van der Waals surface area contributed by atoms with Crippen molar-refractivity contribution >= 4 is 22.8 Å². The number of H-pyrrole nitrogens is 1. The number of nitrogens with two attached hydrogens (primary N) is 1. The number of aliphatic carboxylic acids is 1. The Kier molecular flexibility index (Phi) is 3.96. The molecule has 2 heterocycles. The van der Waals surface area contributed by atoms with E-state index in [1.807, 2.05) is 6.07 Å². The minimum atomic E-state index is -0.998. The molecule has 2 atom stereocenters. The second kappa shape index (κ2) is 5.92. The Bertz CT molecular complexity index is 755. The molecule has 0 spiro atoms. The molecule has 1 amide bonds. The van der Waals surface area contributed by atoms with Gasteiger partial charge in [0.2, 0.25) is 5.91 Å². The molecule has 2 aromatic rings. The first kappa shape index (κ1) is 15.4. The van der Waals surface area contributed by atoms with Crippen molar-refractivity contribution in [2.75, 3.05) is 13.7 Å². The highest BCUT2D eigenvalue weighted by Crippen LogP contribution is 2.35. The van der Waals surface area contributed by atoms with Gasteiger partial charge in [-0.3, -0.25) is 14.5 Å². The minimum Gasteiger partial charge on any atom is -0.497 e. The molecule has 1 fully saturated rings. The molecule has 1 aliphatic heterocycles. The van der Waals surface area contributed by atoms with Crippen molar-refractivity contribution in [3.8, 4) is 5.75 Å². The van der Waals surface area contributed by atoms with Crippen LogP contribution in [0.4, 0.5) is 0 Å². The third-order valence-electron chi connectivity index (χ3n) is 4.40. The molecular weight excluding hydrogens is 298 g/mol. The summed E-state index contributed by atoms with van der Waals surface area (Å²) in [5.41, 5.74) is 6.87. The normalized spacial score (nSPS) is 19.8. The van der Waals surface area contributed by atoms with Crippen LogP contribution in [0.25, 0.3) is 10.9 Å². The van der Waals surface area contributed by atoms with Gasteiger partial charge in [-0.1, -0.05) is 0 Å². The monoisotopic (exact) mass is 317 g/mol. The average molecular weight is 317 g/mol. The number of carbonyl (C=O) groups excluding carboxylic acids is 1. The lowest BCUT2D eigenvalue weighted by molar-refractivity contribution is -0.144. The highest BCUT2D eigenvalue weighted by atomic mass is 16.5. The molecule has 1 aromatic carbocycles. The fourth-order valence-electron chi connectivity index (χ4n) is 3.33. The molecule has 7 nitrogen and oxygen atoms in total. The van der Waals surface area contributed by atoms with Crippen LogP contribution in [0.5, 0.6) is 5.75 Å². The first-order valence-electron chi connectivity index (χ1n) is 7.46. The molecule has 1 saturated heterocycles. The number of fused-ring (bicyclic) bond motifs is 1. The molecule has 0 saturated carbocycles. The van der Waals surface area contributed by atoms with Crippen LogP contribution in [0.15, 0.2) is 24.4 Å². The highest BCUT2D eigenvalue weighted by Gasteiger charge is 2.39. The molecule has 23 heavy (non-hydrogen) atoms. The van der Waals surface area contributed by atoms with E-state index >= 15 is 0 Å². The van der Waals surface area contributed by atoms with Gasteiger partial charge in [0.1, 0.15) is 11.8 Å². The molecule has 0 unspecified atom stereocenters. The van der Waals surface area contributed by atoms with Crippen molar-refractivity contribution in [3.63, 3.8) is 0 Å². The van der Waals surface area contributed by atoms with Crippen LogP contribution in [0.3, 0.4) is 0 Å². The van der Waals surface area contributed by atoms with Gasteiger partial charge in [0.05, 0.1) is 13.2 Å². The molecule has 3 rings (SSSR count). The van der Waals surface area contributed by atoms with Gasteiger partial charge >= 0.3 is 5.97 Å². The van der Waals surface area contributed by atoms with Crippen LogP contribution in [0.1, 0.15) is 24.4 Å². The molecular formula is C16H19N3O4. The number of carboxylic acid groups (broad SMARTS) is 1. The second-order valence-corrected chi connectivity index (χ2v) is 5.69. The summed E-state index contributed by atoms with van der Waals surface area (Å²) in [4.78, 5) is 28.3. The van der Waals surface area contributed by atoms with Gasteiger partial charge < -0.3 is 20.6 Å². The van der Waals surface area contributed by atoms with E-state index in [-0.39, 0.29) is 0 Å². The first-order valence-corrected chi connectivity index (χ1v) is 7.46. The van der Waals surface area contributed by atoms with Crippen LogP contribution < -0.4 is 10.5 Å². The van der Waals surface area contributed by atoms with Crippen molar-refractivity contribution < 1.29 is 19.4 Å². The predicted octanol–water partition coefficient (Wildman–Crippen LogP) is 1.25. The van der Waals surface area contributed by atoms with Gasteiger partial charge in [-0.2, -0.15) is 0 Å². The maximum atomic E-state index is 11.9. The summed E-state index contributed by atoms with van der Waals surface area (Å²) in [5, 5.41) is 10.5. The number of primary amides is 1. The van der Waals surface area contributed by atoms with E-state index in [1.165, 1.54) is 0 Å². The number of benzene rings is 1. The standard InChI is InChI=1S/C16H19N3O4/c1-23-9-4-5-12-10(7-9)11(8-18-12)14(16(21)22)19-6-2-3-13(19)15(17)20/h4-5,7-8,13-14,18H,2-3,6H2,1H3,(H2,17,20)(H,21,22)/t13-,14+/m0/s1. The van der Waals surface area contributed by atoms with E-state index in [1.54, 1.807) is 30.3 Å². The van der Waals surface area contributed by atoms with E-state index in [0.29, 0.717) is 24.3 Å². The molecule has 0 aliphatic carbocycles. The summed E-state index contributed by atoms with van der Waals surface area (Å²) in [6, 6.07) is 3.97. The maximum Gasteiger partial charge on any atom is 0.325 e. The lowest BCUT2D eigenvalue weighted by Crippen LogP contribution is -2.44. The van der Waals surface area contributed by atoms with Gasteiger partial charge in [0.25, 0.3) is 0 Å². The average Bonchev–Trinajstić information content (AvgIpc) is 3.14. The summed E-state index contributed by atoms with van der Waals surface area (Å²) in [6.45, 7) is 0.529.